The second-order valence-corrected chi connectivity index (χ2v) is 10.1. The summed E-state index contributed by atoms with van der Waals surface area (Å²) in [7, 11) is -4.04. The molecule has 0 aliphatic carbocycles. The van der Waals surface area contributed by atoms with Crippen LogP contribution in [0.5, 0.6) is 0 Å². The maximum atomic E-state index is 14.3. The fraction of sp³-hybridized carbons (Fsp3) is 0.632. The van der Waals surface area contributed by atoms with E-state index in [9.17, 15) is 22.0 Å². The molecule has 2 heterocycles. The van der Waals surface area contributed by atoms with Crippen LogP contribution in [0, 0.1) is 11.6 Å². The Labute approximate surface area is 164 Å². The minimum Gasteiger partial charge on any atom is -0.459 e. The summed E-state index contributed by atoms with van der Waals surface area (Å²) in [6.45, 7) is 5.56. The number of rotatable bonds is 4. The molecule has 1 aromatic rings. The van der Waals surface area contributed by atoms with Gasteiger partial charge < -0.3 is 4.74 Å². The van der Waals surface area contributed by atoms with E-state index in [2.05, 4.69) is 0 Å². The second kappa shape index (κ2) is 7.68. The Morgan fingerprint density at radius 1 is 1.11 bits per heavy atom. The molecule has 0 saturated carbocycles. The van der Waals surface area contributed by atoms with Crippen molar-refractivity contribution in [2.75, 3.05) is 13.1 Å². The molecule has 0 radical (unpaired) electrons. The zero-order valence-corrected chi connectivity index (χ0v) is 17.1. The molecule has 1 unspecified atom stereocenters. The Hall–Kier alpha value is -1.58. The quantitative estimate of drug-likeness (QED) is 0.708. The Bertz CT molecular complexity index is 854. The molecule has 2 atom stereocenters. The van der Waals surface area contributed by atoms with E-state index in [4.69, 9.17) is 4.74 Å². The Balaban J connectivity index is 1.88. The van der Waals surface area contributed by atoms with Crippen LogP contribution < -0.4 is 0 Å². The van der Waals surface area contributed by atoms with Crippen LogP contribution in [-0.4, -0.2) is 47.7 Å². The zero-order chi connectivity index (χ0) is 20.7. The van der Waals surface area contributed by atoms with Crippen molar-refractivity contribution in [1.29, 1.82) is 0 Å². The van der Waals surface area contributed by atoms with Crippen molar-refractivity contribution in [2.24, 2.45) is 0 Å². The Kier molecular flexibility index (Phi) is 5.80. The van der Waals surface area contributed by atoms with Crippen LogP contribution in [0.25, 0.3) is 0 Å². The molecule has 9 heteroatoms. The lowest BCUT2D eigenvalue weighted by atomic mass is 10.0. The molecule has 2 saturated heterocycles. The van der Waals surface area contributed by atoms with Crippen LogP contribution >= 0.6 is 0 Å². The van der Waals surface area contributed by atoms with Gasteiger partial charge in [0.25, 0.3) is 10.2 Å². The highest BCUT2D eigenvalue weighted by molar-refractivity contribution is 7.86. The lowest BCUT2D eigenvalue weighted by molar-refractivity contribution is -0.158. The lowest BCUT2D eigenvalue weighted by Crippen LogP contribution is -2.49. The first-order valence-electron chi connectivity index (χ1n) is 9.47. The summed E-state index contributed by atoms with van der Waals surface area (Å²) >= 11 is 0. The number of carbonyl (C=O) groups excluding carboxylic acids is 1. The number of nitrogens with zero attached hydrogens (tertiary/aromatic N) is 2. The summed E-state index contributed by atoms with van der Waals surface area (Å²) < 4.78 is 62.3. The van der Waals surface area contributed by atoms with E-state index in [1.807, 2.05) is 0 Å². The molecule has 3 rings (SSSR count). The fourth-order valence-electron chi connectivity index (χ4n) is 3.85. The third kappa shape index (κ3) is 4.21. The van der Waals surface area contributed by atoms with E-state index >= 15 is 0 Å². The van der Waals surface area contributed by atoms with Crippen molar-refractivity contribution in [1.82, 2.24) is 8.61 Å². The largest absolute Gasteiger partial charge is 0.459 e. The molecule has 156 valence electrons. The minimum absolute atomic E-state index is 0.0223. The van der Waals surface area contributed by atoms with Crippen molar-refractivity contribution in [3.8, 4) is 0 Å². The zero-order valence-electron chi connectivity index (χ0n) is 16.3. The molecule has 2 aliphatic heterocycles. The number of benzene rings is 1. The summed E-state index contributed by atoms with van der Waals surface area (Å²) in [5.74, 6) is -1.84. The summed E-state index contributed by atoms with van der Waals surface area (Å²) in [6.07, 6.45) is 1.84. The molecule has 2 aliphatic rings. The monoisotopic (exact) mass is 416 g/mol. The van der Waals surface area contributed by atoms with Gasteiger partial charge in [-0.05, 0) is 64.7 Å². The molecule has 0 N–H and O–H groups in total. The van der Waals surface area contributed by atoms with Crippen molar-refractivity contribution in [2.45, 2.75) is 64.1 Å². The second-order valence-electron chi connectivity index (χ2n) is 8.24. The smallest absolute Gasteiger partial charge is 0.325 e. The van der Waals surface area contributed by atoms with Gasteiger partial charge >= 0.3 is 5.97 Å². The van der Waals surface area contributed by atoms with Crippen molar-refractivity contribution in [3.05, 3.63) is 35.4 Å². The normalized spacial score (nSPS) is 24.6. The molecule has 0 amide bonds. The first-order chi connectivity index (χ1) is 13.0. The van der Waals surface area contributed by atoms with Gasteiger partial charge in [-0.25, -0.2) is 8.78 Å². The van der Waals surface area contributed by atoms with E-state index < -0.39 is 45.5 Å². The third-order valence-electron chi connectivity index (χ3n) is 5.00. The van der Waals surface area contributed by atoms with Crippen LogP contribution in [0.2, 0.25) is 0 Å². The molecule has 0 aromatic heterocycles. The average Bonchev–Trinajstić information content (AvgIpc) is 3.25. The standard InChI is InChI=1S/C19H26F2N2O4S/c1-19(2,3)27-18(24)17-7-5-11-23(17)28(25,26)22-10-4-6-16(22)14-12-13(20)8-9-15(14)21/h8-9,12,16-17H,4-7,10-11H2,1-3H3/t16?,17-/m0/s1. The Morgan fingerprint density at radius 2 is 1.75 bits per heavy atom. The summed E-state index contributed by atoms with van der Waals surface area (Å²) in [5.41, 5.74) is -0.704. The predicted molar refractivity (Wildman–Crippen MR) is 99.5 cm³/mol. The molecule has 6 nitrogen and oxygen atoms in total. The van der Waals surface area contributed by atoms with Gasteiger partial charge in [0, 0.05) is 18.7 Å². The van der Waals surface area contributed by atoms with E-state index in [1.54, 1.807) is 20.8 Å². The molecular formula is C19H26F2N2O4S. The summed E-state index contributed by atoms with van der Waals surface area (Å²) in [5, 5.41) is 0. The van der Waals surface area contributed by atoms with Gasteiger partial charge in [0.05, 0.1) is 6.04 Å². The predicted octanol–water partition coefficient (Wildman–Crippen LogP) is 3.15. The van der Waals surface area contributed by atoms with Gasteiger partial charge in [-0.15, -0.1) is 0 Å². The maximum absolute atomic E-state index is 14.3. The van der Waals surface area contributed by atoms with Crippen LogP contribution in [0.3, 0.4) is 0 Å². The Morgan fingerprint density at radius 3 is 2.43 bits per heavy atom. The average molecular weight is 416 g/mol. The molecule has 0 spiro atoms. The van der Waals surface area contributed by atoms with Gasteiger partial charge in [-0.1, -0.05) is 0 Å². The summed E-state index contributed by atoms with van der Waals surface area (Å²) in [6, 6.07) is 1.37. The number of hydrogen-bond acceptors (Lipinski definition) is 4. The number of esters is 1. The van der Waals surface area contributed by atoms with E-state index in [0.29, 0.717) is 25.7 Å². The fourth-order valence-corrected chi connectivity index (χ4v) is 5.90. The van der Waals surface area contributed by atoms with Gasteiger partial charge in [-0.3, -0.25) is 4.79 Å². The van der Waals surface area contributed by atoms with Gasteiger partial charge in [-0.2, -0.15) is 17.0 Å². The molecular weight excluding hydrogens is 390 g/mol. The van der Waals surface area contributed by atoms with Crippen molar-refractivity contribution < 1.29 is 26.7 Å². The SMILES string of the molecule is CC(C)(C)OC(=O)[C@@H]1CCCN1S(=O)(=O)N1CCCC1c1cc(F)ccc1F. The number of halogens is 2. The van der Waals surface area contributed by atoms with Crippen LogP contribution in [0.4, 0.5) is 8.78 Å². The highest BCUT2D eigenvalue weighted by Gasteiger charge is 2.47. The number of ether oxygens (including phenoxy) is 1. The minimum atomic E-state index is -4.04. The van der Waals surface area contributed by atoms with Crippen LogP contribution in [0.1, 0.15) is 58.1 Å². The first-order valence-corrected chi connectivity index (χ1v) is 10.9. The van der Waals surface area contributed by atoms with Gasteiger partial charge in [0.2, 0.25) is 0 Å². The topological polar surface area (TPSA) is 66.9 Å². The van der Waals surface area contributed by atoms with E-state index in [-0.39, 0.29) is 18.7 Å². The van der Waals surface area contributed by atoms with Crippen LogP contribution in [0.15, 0.2) is 18.2 Å². The third-order valence-corrected chi connectivity index (χ3v) is 7.06. The van der Waals surface area contributed by atoms with Crippen LogP contribution in [-0.2, 0) is 19.7 Å². The molecule has 2 fully saturated rings. The lowest BCUT2D eigenvalue weighted by Gasteiger charge is -2.32. The highest BCUT2D eigenvalue weighted by atomic mass is 32.2. The van der Waals surface area contributed by atoms with E-state index in [1.165, 1.54) is 4.31 Å². The molecule has 1 aromatic carbocycles. The number of hydrogen-bond donors (Lipinski definition) is 0. The van der Waals surface area contributed by atoms with E-state index in [0.717, 1.165) is 22.5 Å². The highest BCUT2D eigenvalue weighted by Crippen LogP contribution is 2.38. The number of carbonyl (C=O) groups is 1. The van der Waals surface area contributed by atoms with Crippen molar-refractivity contribution in [3.63, 3.8) is 0 Å². The van der Waals surface area contributed by atoms with Gasteiger partial charge in [0.1, 0.15) is 23.3 Å². The van der Waals surface area contributed by atoms with Gasteiger partial charge in [0.15, 0.2) is 0 Å². The molecule has 0 bridgehead atoms. The first kappa shape index (κ1) is 21.1. The molecule has 28 heavy (non-hydrogen) atoms. The van der Waals surface area contributed by atoms with Crippen molar-refractivity contribution >= 4 is 16.2 Å². The maximum Gasteiger partial charge on any atom is 0.325 e. The summed E-state index contributed by atoms with van der Waals surface area (Å²) in [4.78, 5) is 12.5.